The Morgan fingerprint density at radius 3 is 2.70 bits per heavy atom. The van der Waals surface area contributed by atoms with Crippen LogP contribution in [0.3, 0.4) is 0 Å². The molecule has 0 bridgehead atoms. The van der Waals surface area contributed by atoms with E-state index in [4.69, 9.17) is 4.42 Å². The molecule has 2 aromatic heterocycles. The molecule has 0 saturated heterocycles. The summed E-state index contributed by atoms with van der Waals surface area (Å²) in [6.07, 6.45) is 2.06. The summed E-state index contributed by atoms with van der Waals surface area (Å²) in [4.78, 5) is 27.3. The summed E-state index contributed by atoms with van der Waals surface area (Å²) in [5.74, 6) is 0.328. The Hall–Kier alpha value is -2.49. The molecule has 4 heteroatoms. The average Bonchev–Trinajstić information content (AvgIpc) is 2.47. The standard InChI is InChI=1S/C16H13NO3/c1-9(2)11-3-4-14-12(6-11)15(19)13-5-10(8-18)7-17-16(13)20-14/h3-9H,1-2H3. The topological polar surface area (TPSA) is 60.2 Å². The maximum absolute atomic E-state index is 12.5. The number of fused-ring (bicyclic) bond motifs is 2. The normalized spacial score (nSPS) is 11.3. The van der Waals surface area contributed by atoms with Gasteiger partial charge in [0, 0.05) is 11.8 Å². The number of carbonyl (C=O) groups is 1. The van der Waals surface area contributed by atoms with Gasteiger partial charge in [0.15, 0.2) is 6.29 Å². The van der Waals surface area contributed by atoms with Gasteiger partial charge < -0.3 is 4.42 Å². The zero-order chi connectivity index (χ0) is 14.3. The van der Waals surface area contributed by atoms with Crippen LogP contribution in [0.1, 0.15) is 35.7 Å². The van der Waals surface area contributed by atoms with Crippen molar-refractivity contribution in [1.82, 2.24) is 4.98 Å². The molecule has 0 unspecified atom stereocenters. The smallest absolute Gasteiger partial charge is 0.230 e. The molecular weight excluding hydrogens is 254 g/mol. The van der Waals surface area contributed by atoms with Gasteiger partial charge in [-0.15, -0.1) is 0 Å². The summed E-state index contributed by atoms with van der Waals surface area (Å²) >= 11 is 0. The Kier molecular flexibility index (Phi) is 2.86. The Labute approximate surface area is 115 Å². The van der Waals surface area contributed by atoms with Crippen LogP contribution in [0.15, 0.2) is 39.7 Å². The first-order chi connectivity index (χ1) is 9.60. The summed E-state index contributed by atoms with van der Waals surface area (Å²) in [7, 11) is 0. The average molecular weight is 267 g/mol. The lowest BCUT2D eigenvalue weighted by Gasteiger charge is -2.06. The van der Waals surface area contributed by atoms with Crippen LogP contribution in [-0.2, 0) is 0 Å². The predicted molar refractivity (Wildman–Crippen MR) is 77.3 cm³/mol. The van der Waals surface area contributed by atoms with Crippen LogP contribution in [0, 0.1) is 0 Å². The quantitative estimate of drug-likeness (QED) is 0.528. The zero-order valence-electron chi connectivity index (χ0n) is 11.2. The van der Waals surface area contributed by atoms with Crippen molar-refractivity contribution < 1.29 is 9.21 Å². The third kappa shape index (κ3) is 1.90. The lowest BCUT2D eigenvalue weighted by molar-refractivity contribution is 0.112. The van der Waals surface area contributed by atoms with Crippen LogP contribution in [0.5, 0.6) is 0 Å². The van der Waals surface area contributed by atoms with Gasteiger partial charge in [0.25, 0.3) is 0 Å². The van der Waals surface area contributed by atoms with E-state index in [1.807, 2.05) is 12.1 Å². The van der Waals surface area contributed by atoms with Crippen LogP contribution in [0.25, 0.3) is 22.1 Å². The van der Waals surface area contributed by atoms with Crippen molar-refractivity contribution in [1.29, 1.82) is 0 Å². The van der Waals surface area contributed by atoms with Crippen LogP contribution in [-0.4, -0.2) is 11.3 Å². The van der Waals surface area contributed by atoms with Gasteiger partial charge in [-0.25, -0.2) is 4.98 Å². The van der Waals surface area contributed by atoms with Crippen LogP contribution >= 0.6 is 0 Å². The fourth-order valence-electron chi connectivity index (χ4n) is 2.20. The Morgan fingerprint density at radius 1 is 1.20 bits per heavy atom. The Balaban J connectivity index is 2.42. The molecule has 100 valence electrons. The molecule has 0 spiro atoms. The van der Waals surface area contributed by atoms with Crippen LogP contribution < -0.4 is 5.43 Å². The molecule has 0 aliphatic rings. The lowest BCUT2D eigenvalue weighted by atomic mass is 10.0. The van der Waals surface area contributed by atoms with Crippen molar-refractivity contribution >= 4 is 28.4 Å². The van der Waals surface area contributed by atoms with E-state index in [1.165, 1.54) is 12.3 Å². The first-order valence-electron chi connectivity index (χ1n) is 6.42. The molecule has 20 heavy (non-hydrogen) atoms. The predicted octanol–water partition coefficient (Wildman–Crippen LogP) is 3.28. The molecule has 0 aliphatic heterocycles. The molecule has 2 heterocycles. The molecule has 4 nitrogen and oxygen atoms in total. The third-order valence-corrected chi connectivity index (χ3v) is 3.37. The summed E-state index contributed by atoms with van der Waals surface area (Å²) in [6.45, 7) is 4.13. The number of aromatic nitrogens is 1. The van der Waals surface area contributed by atoms with E-state index < -0.39 is 0 Å². The van der Waals surface area contributed by atoms with E-state index >= 15 is 0 Å². The zero-order valence-corrected chi connectivity index (χ0v) is 11.2. The second-order valence-corrected chi connectivity index (χ2v) is 5.08. The third-order valence-electron chi connectivity index (χ3n) is 3.37. The molecular formula is C16H13NO3. The highest BCUT2D eigenvalue weighted by Gasteiger charge is 2.11. The van der Waals surface area contributed by atoms with Crippen molar-refractivity contribution in [2.45, 2.75) is 19.8 Å². The number of hydrogen-bond donors (Lipinski definition) is 0. The molecule has 3 aromatic rings. The van der Waals surface area contributed by atoms with E-state index in [0.717, 1.165) is 5.56 Å². The first kappa shape index (κ1) is 12.5. The molecule has 1 aromatic carbocycles. The number of rotatable bonds is 2. The van der Waals surface area contributed by atoms with Crippen LogP contribution in [0.4, 0.5) is 0 Å². The molecule has 0 atom stereocenters. The summed E-state index contributed by atoms with van der Waals surface area (Å²) in [6, 6.07) is 7.10. The number of hydrogen-bond acceptors (Lipinski definition) is 4. The fraction of sp³-hybridized carbons (Fsp3) is 0.188. The molecule has 0 amide bonds. The van der Waals surface area contributed by atoms with E-state index in [2.05, 4.69) is 18.8 Å². The summed E-state index contributed by atoms with van der Waals surface area (Å²) in [5, 5.41) is 0.858. The molecule has 0 N–H and O–H groups in total. The SMILES string of the molecule is CC(C)c1ccc2oc3ncc(C=O)cc3c(=O)c2c1. The highest BCUT2D eigenvalue weighted by Crippen LogP contribution is 2.22. The molecule has 0 fully saturated rings. The highest BCUT2D eigenvalue weighted by atomic mass is 16.3. The minimum atomic E-state index is -0.153. The second-order valence-electron chi connectivity index (χ2n) is 5.08. The van der Waals surface area contributed by atoms with E-state index in [0.29, 0.717) is 34.1 Å². The van der Waals surface area contributed by atoms with E-state index in [1.54, 1.807) is 6.07 Å². The molecule has 3 rings (SSSR count). The molecule has 0 radical (unpaired) electrons. The van der Waals surface area contributed by atoms with Gasteiger partial charge in [-0.1, -0.05) is 19.9 Å². The monoisotopic (exact) mass is 267 g/mol. The van der Waals surface area contributed by atoms with Crippen LogP contribution in [0.2, 0.25) is 0 Å². The van der Waals surface area contributed by atoms with Gasteiger partial charge in [0.2, 0.25) is 11.1 Å². The van der Waals surface area contributed by atoms with E-state index in [-0.39, 0.29) is 11.1 Å². The second kappa shape index (κ2) is 4.56. The fourth-order valence-corrected chi connectivity index (χ4v) is 2.20. The number of nitrogens with zero attached hydrogens (tertiary/aromatic N) is 1. The number of benzene rings is 1. The number of carbonyl (C=O) groups excluding carboxylic acids is 1. The number of pyridine rings is 1. The minimum Gasteiger partial charge on any atom is -0.437 e. The molecule has 0 saturated carbocycles. The van der Waals surface area contributed by atoms with Crippen molar-refractivity contribution in [3.63, 3.8) is 0 Å². The molecule has 0 aliphatic carbocycles. The van der Waals surface area contributed by atoms with Gasteiger partial charge in [0.1, 0.15) is 5.58 Å². The van der Waals surface area contributed by atoms with E-state index in [9.17, 15) is 9.59 Å². The maximum atomic E-state index is 12.5. The minimum absolute atomic E-state index is 0.153. The van der Waals surface area contributed by atoms with Gasteiger partial charge in [-0.2, -0.15) is 0 Å². The summed E-state index contributed by atoms with van der Waals surface area (Å²) < 4.78 is 5.63. The van der Waals surface area contributed by atoms with Crippen molar-refractivity contribution in [2.75, 3.05) is 0 Å². The van der Waals surface area contributed by atoms with Gasteiger partial charge in [0.05, 0.1) is 10.8 Å². The van der Waals surface area contributed by atoms with Crippen molar-refractivity contribution in [2.24, 2.45) is 0 Å². The maximum Gasteiger partial charge on any atom is 0.230 e. The first-order valence-corrected chi connectivity index (χ1v) is 6.42. The highest BCUT2D eigenvalue weighted by molar-refractivity contribution is 5.90. The van der Waals surface area contributed by atoms with Gasteiger partial charge in [-0.3, -0.25) is 9.59 Å². The van der Waals surface area contributed by atoms with Gasteiger partial charge in [-0.05, 0) is 29.7 Å². The summed E-state index contributed by atoms with van der Waals surface area (Å²) in [5.41, 5.74) is 2.05. The number of aldehydes is 1. The lowest BCUT2D eigenvalue weighted by Crippen LogP contribution is -2.04. The largest absolute Gasteiger partial charge is 0.437 e. The Bertz CT molecular complexity index is 878. The van der Waals surface area contributed by atoms with Crippen molar-refractivity contribution in [3.05, 3.63) is 51.8 Å². The Morgan fingerprint density at radius 2 is 2.00 bits per heavy atom. The van der Waals surface area contributed by atoms with Gasteiger partial charge >= 0.3 is 0 Å². The van der Waals surface area contributed by atoms with Crippen molar-refractivity contribution in [3.8, 4) is 0 Å².